The molecule has 0 saturated carbocycles. The number of primary sulfonamides is 1. The Labute approximate surface area is 109 Å². The summed E-state index contributed by atoms with van der Waals surface area (Å²) in [6.45, 7) is -0.0213. The summed E-state index contributed by atoms with van der Waals surface area (Å²) in [5.74, 6) is -0.528. The van der Waals surface area contributed by atoms with Crippen molar-refractivity contribution in [3.63, 3.8) is 0 Å². The van der Waals surface area contributed by atoms with E-state index in [4.69, 9.17) is 9.88 Å². The van der Waals surface area contributed by atoms with Crippen molar-refractivity contribution in [3.05, 3.63) is 48.3 Å². The lowest BCUT2D eigenvalue weighted by Gasteiger charge is -2.07. The fraction of sp³-hybridized carbons (Fsp3) is 0.0909. The van der Waals surface area contributed by atoms with Crippen LogP contribution < -0.4 is 9.88 Å². The second kappa shape index (κ2) is 5.29. The topological polar surface area (TPSA) is 95.2 Å². The number of halogens is 1. The number of nitrogens with zero attached hydrogens (tertiary/aromatic N) is 2. The van der Waals surface area contributed by atoms with E-state index >= 15 is 0 Å². The van der Waals surface area contributed by atoms with Crippen molar-refractivity contribution >= 4 is 10.0 Å². The Morgan fingerprint density at radius 2 is 1.95 bits per heavy atom. The number of hydrogen-bond donors (Lipinski definition) is 1. The van der Waals surface area contributed by atoms with E-state index in [1.807, 2.05) is 0 Å². The highest BCUT2D eigenvalue weighted by atomic mass is 32.2. The molecule has 0 fully saturated rings. The first-order valence-electron chi connectivity index (χ1n) is 5.18. The van der Waals surface area contributed by atoms with Gasteiger partial charge in [-0.05, 0) is 24.3 Å². The Morgan fingerprint density at radius 1 is 1.26 bits per heavy atom. The third-order valence-corrected chi connectivity index (χ3v) is 3.12. The van der Waals surface area contributed by atoms with Crippen LogP contribution in [0.5, 0.6) is 5.75 Å². The molecule has 6 nitrogen and oxygen atoms in total. The minimum Gasteiger partial charge on any atom is -0.483 e. The van der Waals surface area contributed by atoms with Crippen LogP contribution >= 0.6 is 0 Å². The Morgan fingerprint density at radius 3 is 2.53 bits per heavy atom. The number of nitrogens with two attached hydrogens (primary N) is 1. The molecule has 0 spiro atoms. The summed E-state index contributed by atoms with van der Waals surface area (Å²) in [5, 5.41) is 4.89. The maximum absolute atomic E-state index is 13.6. The molecule has 0 aliphatic carbocycles. The molecule has 100 valence electrons. The summed E-state index contributed by atoms with van der Waals surface area (Å²) >= 11 is 0. The van der Waals surface area contributed by atoms with Crippen molar-refractivity contribution < 1.29 is 17.5 Å². The summed E-state index contributed by atoms with van der Waals surface area (Å²) < 4.78 is 40.8. The third kappa shape index (κ3) is 3.46. The van der Waals surface area contributed by atoms with Gasteiger partial charge in [0.2, 0.25) is 10.0 Å². The van der Waals surface area contributed by atoms with Crippen LogP contribution in [0.4, 0.5) is 4.39 Å². The summed E-state index contributed by atoms with van der Waals surface area (Å²) in [5.41, 5.74) is 0. The molecule has 2 N–H and O–H groups in total. The number of rotatable bonds is 4. The fourth-order valence-corrected chi connectivity index (χ4v) is 1.85. The van der Waals surface area contributed by atoms with Crippen LogP contribution in [0.1, 0.15) is 5.82 Å². The van der Waals surface area contributed by atoms with Gasteiger partial charge in [-0.1, -0.05) is 0 Å². The molecule has 19 heavy (non-hydrogen) atoms. The van der Waals surface area contributed by atoms with Gasteiger partial charge in [-0.15, -0.1) is 0 Å². The minimum absolute atomic E-state index is 0.0213. The van der Waals surface area contributed by atoms with Gasteiger partial charge in [0, 0.05) is 12.4 Å². The quantitative estimate of drug-likeness (QED) is 0.897. The van der Waals surface area contributed by atoms with E-state index in [0.717, 1.165) is 6.07 Å². The standard InChI is InChI=1S/C11H10FN3O3S/c12-9-6-8(19(13,16)17)2-3-10(9)18-7-11-14-4-1-5-15-11/h1-6H,7H2,(H2,13,16,17). The van der Waals surface area contributed by atoms with Gasteiger partial charge in [-0.2, -0.15) is 0 Å². The van der Waals surface area contributed by atoms with Gasteiger partial charge in [-0.3, -0.25) is 0 Å². The zero-order valence-electron chi connectivity index (χ0n) is 9.65. The maximum atomic E-state index is 13.6. The Balaban J connectivity index is 2.14. The lowest BCUT2D eigenvalue weighted by Crippen LogP contribution is -2.12. The van der Waals surface area contributed by atoms with Crippen LogP contribution in [0.25, 0.3) is 0 Å². The zero-order chi connectivity index (χ0) is 13.9. The molecule has 0 aliphatic rings. The highest BCUT2D eigenvalue weighted by molar-refractivity contribution is 7.89. The maximum Gasteiger partial charge on any atom is 0.238 e. The highest BCUT2D eigenvalue weighted by Gasteiger charge is 2.12. The van der Waals surface area contributed by atoms with Crippen LogP contribution in [-0.4, -0.2) is 18.4 Å². The SMILES string of the molecule is NS(=O)(=O)c1ccc(OCc2ncccn2)c(F)c1. The van der Waals surface area contributed by atoms with Crippen molar-refractivity contribution in [1.82, 2.24) is 9.97 Å². The van der Waals surface area contributed by atoms with Crippen LogP contribution in [0.2, 0.25) is 0 Å². The van der Waals surface area contributed by atoms with Gasteiger partial charge >= 0.3 is 0 Å². The molecular weight excluding hydrogens is 273 g/mol. The predicted molar refractivity (Wildman–Crippen MR) is 64.1 cm³/mol. The largest absolute Gasteiger partial charge is 0.483 e. The molecule has 0 atom stereocenters. The molecule has 2 rings (SSSR count). The van der Waals surface area contributed by atoms with Gasteiger partial charge in [0.1, 0.15) is 6.61 Å². The highest BCUT2D eigenvalue weighted by Crippen LogP contribution is 2.20. The van der Waals surface area contributed by atoms with Gasteiger partial charge in [0.15, 0.2) is 17.4 Å². The molecule has 1 heterocycles. The molecule has 0 unspecified atom stereocenters. The molecule has 0 bridgehead atoms. The molecule has 2 aromatic rings. The summed E-state index contributed by atoms with van der Waals surface area (Å²) in [4.78, 5) is 7.50. The van der Waals surface area contributed by atoms with Gasteiger partial charge in [0.05, 0.1) is 4.90 Å². The van der Waals surface area contributed by atoms with E-state index in [1.165, 1.54) is 24.5 Å². The van der Waals surface area contributed by atoms with Crippen molar-refractivity contribution in [1.29, 1.82) is 0 Å². The van der Waals surface area contributed by atoms with Gasteiger partial charge in [0.25, 0.3) is 0 Å². The smallest absolute Gasteiger partial charge is 0.238 e. The van der Waals surface area contributed by atoms with Crippen molar-refractivity contribution in [2.24, 2.45) is 5.14 Å². The number of hydrogen-bond acceptors (Lipinski definition) is 5. The number of ether oxygens (including phenoxy) is 1. The number of aromatic nitrogens is 2. The lowest BCUT2D eigenvalue weighted by atomic mass is 10.3. The average molecular weight is 283 g/mol. The van der Waals surface area contributed by atoms with E-state index < -0.39 is 15.8 Å². The third-order valence-electron chi connectivity index (χ3n) is 2.21. The molecule has 1 aromatic heterocycles. The van der Waals surface area contributed by atoms with Gasteiger partial charge in [-0.25, -0.2) is 27.9 Å². The van der Waals surface area contributed by atoms with Crippen LogP contribution in [0.15, 0.2) is 41.6 Å². The lowest BCUT2D eigenvalue weighted by molar-refractivity contribution is 0.280. The second-order valence-electron chi connectivity index (χ2n) is 3.59. The average Bonchev–Trinajstić information content (AvgIpc) is 2.37. The van der Waals surface area contributed by atoms with Crippen molar-refractivity contribution in [3.8, 4) is 5.75 Å². The molecule has 0 aliphatic heterocycles. The molecule has 8 heteroatoms. The Kier molecular flexibility index (Phi) is 3.72. The van der Waals surface area contributed by atoms with E-state index in [2.05, 4.69) is 9.97 Å². The fourth-order valence-electron chi connectivity index (χ4n) is 1.32. The van der Waals surface area contributed by atoms with E-state index in [0.29, 0.717) is 5.82 Å². The first-order chi connectivity index (χ1) is 8.97. The van der Waals surface area contributed by atoms with E-state index in [9.17, 15) is 12.8 Å². The Bertz CT molecular complexity index is 677. The molecule has 0 amide bonds. The summed E-state index contributed by atoms with van der Waals surface area (Å²) in [7, 11) is -3.93. The molecule has 1 aromatic carbocycles. The van der Waals surface area contributed by atoms with E-state index in [-0.39, 0.29) is 17.3 Å². The second-order valence-corrected chi connectivity index (χ2v) is 5.15. The minimum atomic E-state index is -3.93. The predicted octanol–water partition coefficient (Wildman–Crippen LogP) is 0.842. The molecule has 0 radical (unpaired) electrons. The normalized spacial score (nSPS) is 11.3. The monoisotopic (exact) mass is 283 g/mol. The van der Waals surface area contributed by atoms with E-state index in [1.54, 1.807) is 6.07 Å². The van der Waals surface area contributed by atoms with Crippen LogP contribution in [-0.2, 0) is 16.6 Å². The first-order valence-corrected chi connectivity index (χ1v) is 6.72. The van der Waals surface area contributed by atoms with Crippen LogP contribution in [0, 0.1) is 5.82 Å². The number of benzene rings is 1. The van der Waals surface area contributed by atoms with Crippen molar-refractivity contribution in [2.45, 2.75) is 11.5 Å². The van der Waals surface area contributed by atoms with Crippen molar-refractivity contribution in [2.75, 3.05) is 0 Å². The van der Waals surface area contributed by atoms with Crippen LogP contribution in [0.3, 0.4) is 0 Å². The Hall–Kier alpha value is -2.06. The zero-order valence-corrected chi connectivity index (χ0v) is 10.5. The first kappa shape index (κ1) is 13.4. The summed E-state index contributed by atoms with van der Waals surface area (Å²) in [6.07, 6.45) is 3.07. The molecule has 0 saturated heterocycles. The number of sulfonamides is 1. The molecular formula is C11H10FN3O3S. The summed E-state index contributed by atoms with van der Waals surface area (Å²) in [6, 6.07) is 4.80. The van der Waals surface area contributed by atoms with Gasteiger partial charge < -0.3 is 4.74 Å².